The molecule has 0 N–H and O–H groups in total. The Bertz CT molecular complexity index is 504. The predicted octanol–water partition coefficient (Wildman–Crippen LogP) is 4.68. The highest BCUT2D eigenvalue weighted by Gasteiger charge is 2.13. The first-order chi connectivity index (χ1) is 12.3. The Balaban J connectivity index is 4.23. The van der Waals surface area contributed by atoms with Gasteiger partial charge in [-0.3, -0.25) is 13.6 Å². The Kier molecular flexibility index (Phi) is 13.0. The lowest BCUT2D eigenvalue weighted by Gasteiger charge is -2.10. The Morgan fingerprint density at radius 3 is 1.27 bits per heavy atom. The zero-order valence-corrected chi connectivity index (χ0v) is 17.6. The molecule has 0 bridgehead atoms. The van der Waals surface area contributed by atoms with Gasteiger partial charge in [0.05, 0.1) is 0 Å². The maximum Gasteiger partial charge on any atom is 0.335 e. The van der Waals surface area contributed by atoms with Gasteiger partial charge in [0, 0.05) is 11.1 Å². The van der Waals surface area contributed by atoms with Gasteiger partial charge in [-0.25, -0.2) is 9.59 Å². The number of allylic oxidation sites excluding steroid dienone is 2. The van der Waals surface area contributed by atoms with Gasteiger partial charge in [0.15, 0.2) is 0 Å². The maximum atomic E-state index is 11.8. The molecule has 8 heteroatoms. The summed E-state index contributed by atoms with van der Waals surface area (Å²) in [5.41, 5.74) is 3.04. The zero-order valence-electron chi connectivity index (χ0n) is 16.6. The van der Waals surface area contributed by atoms with Gasteiger partial charge in [0.1, 0.15) is 0 Å². The SMILES string of the molecule is CCC(CC)=C(C)C(=O)OCO[PH](=O)OCOC(=O)C(C)=C(CC)CC. The van der Waals surface area contributed by atoms with Gasteiger partial charge in [0.2, 0.25) is 13.6 Å². The summed E-state index contributed by atoms with van der Waals surface area (Å²) in [6.07, 6.45) is 3.04. The highest BCUT2D eigenvalue weighted by Crippen LogP contribution is 2.24. The molecule has 0 saturated heterocycles. The van der Waals surface area contributed by atoms with Crippen molar-refractivity contribution in [2.24, 2.45) is 0 Å². The lowest BCUT2D eigenvalue weighted by molar-refractivity contribution is -0.147. The second kappa shape index (κ2) is 13.7. The first-order valence-corrected chi connectivity index (χ1v) is 10.1. The van der Waals surface area contributed by atoms with Crippen LogP contribution in [0.15, 0.2) is 22.3 Å². The lowest BCUT2D eigenvalue weighted by atomic mass is 10.1. The minimum absolute atomic E-state index is 0.489. The summed E-state index contributed by atoms with van der Waals surface area (Å²) in [5.74, 6) is -1.03. The topological polar surface area (TPSA) is 88.1 Å². The van der Waals surface area contributed by atoms with Crippen LogP contribution in [0.2, 0.25) is 0 Å². The van der Waals surface area contributed by atoms with E-state index in [2.05, 4.69) is 0 Å². The molecule has 0 atom stereocenters. The number of hydrogen-bond donors (Lipinski definition) is 0. The maximum absolute atomic E-state index is 11.8. The van der Waals surface area contributed by atoms with Crippen molar-refractivity contribution in [2.75, 3.05) is 13.6 Å². The molecule has 150 valence electrons. The van der Waals surface area contributed by atoms with Crippen molar-refractivity contribution in [3.8, 4) is 0 Å². The molecule has 0 amide bonds. The van der Waals surface area contributed by atoms with Crippen LogP contribution in [-0.4, -0.2) is 25.5 Å². The molecule has 0 saturated carbocycles. The third kappa shape index (κ3) is 8.79. The van der Waals surface area contributed by atoms with Crippen molar-refractivity contribution in [1.82, 2.24) is 0 Å². The van der Waals surface area contributed by atoms with Gasteiger partial charge < -0.3 is 9.47 Å². The molecule has 0 fully saturated rings. The Morgan fingerprint density at radius 1 is 0.692 bits per heavy atom. The van der Waals surface area contributed by atoms with Crippen LogP contribution in [0.4, 0.5) is 0 Å². The lowest BCUT2D eigenvalue weighted by Crippen LogP contribution is -2.11. The summed E-state index contributed by atoms with van der Waals surface area (Å²) in [4.78, 5) is 23.6. The van der Waals surface area contributed by atoms with E-state index >= 15 is 0 Å². The molecule has 0 aromatic rings. The summed E-state index contributed by atoms with van der Waals surface area (Å²) >= 11 is 0. The number of carbonyl (C=O) groups is 2. The molecule has 0 unspecified atom stereocenters. The van der Waals surface area contributed by atoms with E-state index < -0.39 is 33.8 Å². The Hall–Kier alpha value is -1.43. The van der Waals surface area contributed by atoms with Crippen LogP contribution in [0, 0.1) is 0 Å². The van der Waals surface area contributed by atoms with Gasteiger partial charge in [0.25, 0.3) is 0 Å². The number of ether oxygens (including phenoxy) is 2. The number of rotatable bonds is 12. The molecule has 0 aliphatic heterocycles. The third-order valence-electron chi connectivity index (χ3n) is 4.11. The van der Waals surface area contributed by atoms with Crippen molar-refractivity contribution in [1.29, 1.82) is 0 Å². The van der Waals surface area contributed by atoms with E-state index in [0.29, 0.717) is 11.1 Å². The van der Waals surface area contributed by atoms with Gasteiger partial charge in [-0.05, 0) is 39.5 Å². The van der Waals surface area contributed by atoms with E-state index in [1.165, 1.54) is 0 Å². The molecule has 0 rings (SSSR count). The van der Waals surface area contributed by atoms with Crippen molar-refractivity contribution in [3.63, 3.8) is 0 Å². The Labute approximate surface area is 156 Å². The highest BCUT2D eigenvalue weighted by atomic mass is 31.1. The molecular weight excluding hydrogens is 359 g/mol. The first-order valence-electron chi connectivity index (χ1n) is 8.83. The largest absolute Gasteiger partial charge is 0.435 e. The zero-order chi connectivity index (χ0) is 20.1. The summed E-state index contributed by atoms with van der Waals surface area (Å²) < 4.78 is 31.0. The predicted molar refractivity (Wildman–Crippen MR) is 99.7 cm³/mol. The van der Waals surface area contributed by atoms with E-state index in [0.717, 1.165) is 36.8 Å². The first kappa shape index (κ1) is 24.6. The summed E-state index contributed by atoms with van der Waals surface area (Å²) in [6, 6.07) is 0. The normalized spacial score (nSPS) is 10.4. The minimum Gasteiger partial charge on any atom is -0.435 e. The molecule has 0 aliphatic rings. The van der Waals surface area contributed by atoms with Crippen LogP contribution in [0.3, 0.4) is 0 Å². The van der Waals surface area contributed by atoms with Crippen LogP contribution < -0.4 is 0 Å². The van der Waals surface area contributed by atoms with Crippen molar-refractivity contribution < 1.29 is 32.7 Å². The molecular formula is C18H31O7P. The van der Waals surface area contributed by atoms with Gasteiger partial charge in [-0.1, -0.05) is 38.8 Å². The molecule has 0 radical (unpaired) electrons. The monoisotopic (exact) mass is 390 g/mol. The summed E-state index contributed by atoms with van der Waals surface area (Å²) in [6.45, 7) is 10.2. The number of esters is 2. The molecule has 0 aromatic heterocycles. The molecule has 0 heterocycles. The molecule has 0 spiro atoms. The van der Waals surface area contributed by atoms with E-state index in [9.17, 15) is 14.2 Å². The average Bonchev–Trinajstić information content (AvgIpc) is 2.63. The van der Waals surface area contributed by atoms with Crippen LogP contribution in [0.5, 0.6) is 0 Å². The van der Waals surface area contributed by atoms with Crippen molar-refractivity contribution in [2.45, 2.75) is 67.2 Å². The molecule has 0 aliphatic carbocycles. The minimum atomic E-state index is -2.93. The molecule has 26 heavy (non-hydrogen) atoms. The van der Waals surface area contributed by atoms with Gasteiger partial charge in [-0.2, -0.15) is 0 Å². The Morgan fingerprint density at radius 2 is 1.00 bits per heavy atom. The van der Waals surface area contributed by atoms with E-state index in [-0.39, 0.29) is 0 Å². The molecule has 0 aromatic carbocycles. The van der Waals surface area contributed by atoms with E-state index in [4.69, 9.17) is 18.5 Å². The van der Waals surface area contributed by atoms with Crippen LogP contribution >= 0.6 is 8.25 Å². The second-order valence-electron chi connectivity index (χ2n) is 5.51. The van der Waals surface area contributed by atoms with Gasteiger partial charge in [-0.15, -0.1) is 0 Å². The standard InChI is InChI=1S/C18H31O7P/c1-7-15(8-2)13(5)17(19)22-11-24-26(21)25-12-23-18(20)14(6)16(9-3)10-4/h26H,7-12H2,1-6H3. The van der Waals surface area contributed by atoms with Gasteiger partial charge >= 0.3 is 20.2 Å². The number of carbonyl (C=O) groups excluding carboxylic acids is 2. The van der Waals surface area contributed by atoms with Crippen molar-refractivity contribution in [3.05, 3.63) is 22.3 Å². The molecule has 7 nitrogen and oxygen atoms in total. The highest BCUT2D eigenvalue weighted by molar-refractivity contribution is 7.33. The van der Waals surface area contributed by atoms with Crippen LogP contribution in [0.25, 0.3) is 0 Å². The van der Waals surface area contributed by atoms with Crippen LogP contribution in [-0.2, 0) is 32.7 Å². The van der Waals surface area contributed by atoms with Crippen LogP contribution in [0.1, 0.15) is 67.2 Å². The third-order valence-corrected chi connectivity index (χ3v) is 4.82. The summed E-state index contributed by atoms with van der Waals surface area (Å²) in [5, 5.41) is 0. The quantitative estimate of drug-likeness (QED) is 0.207. The van der Waals surface area contributed by atoms with Crippen molar-refractivity contribution >= 4 is 20.2 Å². The average molecular weight is 390 g/mol. The fourth-order valence-corrected chi connectivity index (χ4v) is 2.76. The number of hydrogen-bond acceptors (Lipinski definition) is 7. The summed E-state index contributed by atoms with van der Waals surface area (Å²) in [7, 11) is -2.93. The smallest absolute Gasteiger partial charge is 0.335 e. The fourth-order valence-electron chi connectivity index (χ4n) is 2.37. The fraction of sp³-hybridized carbons (Fsp3) is 0.667. The van der Waals surface area contributed by atoms with E-state index in [1.807, 2.05) is 27.7 Å². The van der Waals surface area contributed by atoms with E-state index in [1.54, 1.807) is 13.8 Å². The second-order valence-corrected chi connectivity index (χ2v) is 6.59.